The Balaban J connectivity index is 1.40. The maximum atomic E-state index is 13.8. The van der Waals surface area contributed by atoms with Crippen LogP contribution >= 0.6 is 0 Å². The van der Waals surface area contributed by atoms with E-state index in [9.17, 15) is 18.9 Å². The number of nitrogens with zero attached hydrogens (tertiary/aromatic N) is 4. The van der Waals surface area contributed by atoms with Gasteiger partial charge in [0, 0.05) is 43.7 Å². The summed E-state index contributed by atoms with van der Waals surface area (Å²) in [6, 6.07) is 12.2. The van der Waals surface area contributed by atoms with Gasteiger partial charge in [-0.15, -0.1) is 0 Å². The molecule has 11 nitrogen and oxygen atoms in total. The maximum Gasteiger partial charge on any atom is 0.219 e. The third-order valence-electron chi connectivity index (χ3n) is 7.76. The fraction of sp³-hybridized carbons (Fsp3) is 0.464. The van der Waals surface area contributed by atoms with Crippen molar-refractivity contribution in [2.75, 3.05) is 46.4 Å². The van der Waals surface area contributed by atoms with E-state index in [-0.39, 0.29) is 38.0 Å². The average Bonchev–Trinajstić information content (AvgIpc) is 3.47. The van der Waals surface area contributed by atoms with Gasteiger partial charge in [-0.1, -0.05) is 6.07 Å². The van der Waals surface area contributed by atoms with Crippen molar-refractivity contribution >= 4 is 34.1 Å². The minimum Gasteiger partial charge on any atom is -0.508 e. The molecule has 214 valence electrons. The van der Waals surface area contributed by atoms with Crippen molar-refractivity contribution in [1.29, 1.82) is 0 Å². The number of hydrogen-bond acceptors (Lipinski definition) is 8. The smallest absolute Gasteiger partial charge is 0.219 e. The molecule has 0 bridgehead atoms. The number of carbonyl (C=O) groups is 2. The Hall–Kier alpha value is -3.16. The Kier molecular flexibility index (Phi) is 8.34. The number of pyridine rings is 1. The fourth-order valence-electron chi connectivity index (χ4n) is 5.59. The lowest BCUT2D eigenvalue weighted by Gasteiger charge is -2.41. The molecular weight excluding hydrogens is 534 g/mol. The van der Waals surface area contributed by atoms with Crippen LogP contribution < -0.4 is 0 Å². The first kappa shape index (κ1) is 28.4. The molecule has 2 aliphatic heterocycles. The summed E-state index contributed by atoms with van der Waals surface area (Å²) in [5.74, 6) is 0.157. The van der Waals surface area contributed by atoms with Gasteiger partial charge in [-0.05, 0) is 56.3 Å². The zero-order valence-corrected chi connectivity index (χ0v) is 23.6. The fourth-order valence-corrected chi connectivity index (χ4v) is 6.81. The number of aldehydes is 1. The molecular formula is C28H35N5O6S. The predicted molar refractivity (Wildman–Crippen MR) is 149 cm³/mol. The van der Waals surface area contributed by atoms with E-state index in [2.05, 4.69) is 14.9 Å². The number of hydrogen-bond donors (Lipinski definition) is 2. The largest absolute Gasteiger partial charge is 0.508 e. The second kappa shape index (κ2) is 11.8. The number of aromatic amines is 1. The number of piperidine rings is 1. The molecule has 2 aromatic heterocycles. The number of rotatable bonds is 10. The zero-order valence-electron chi connectivity index (χ0n) is 22.7. The van der Waals surface area contributed by atoms with Crippen LogP contribution in [-0.2, 0) is 36.7 Å². The molecule has 2 fully saturated rings. The number of phenols is 1. The number of benzene rings is 1. The monoisotopic (exact) mass is 569 g/mol. The van der Waals surface area contributed by atoms with Gasteiger partial charge in [0.25, 0.3) is 0 Å². The standard InChI is InChI=1S/C28H35N5O6S/c1-21(35)32-11-8-27(9-12-32)18-31(2)28(39-27,20-38-17-23-5-3-4-10-29-23)19-33(13-14-34)40(37)26-16-22-15-24(36)6-7-25(22)30-26/h3-7,10,14-16,30,36H,8-9,11-13,17-20H2,1-2H3. The van der Waals surface area contributed by atoms with E-state index in [1.807, 2.05) is 30.1 Å². The van der Waals surface area contributed by atoms with Crippen molar-refractivity contribution in [2.45, 2.75) is 42.7 Å². The van der Waals surface area contributed by atoms with Gasteiger partial charge >= 0.3 is 0 Å². The van der Waals surface area contributed by atoms with Crippen molar-refractivity contribution in [3.05, 3.63) is 54.4 Å². The SMILES string of the molecule is CC(=O)N1CCC2(CC1)CN(C)C(COCc1ccccn1)(CN(CC=O)S(=O)c1cc3cc(O)ccc3[nH]1)O2. The summed E-state index contributed by atoms with van der Waals surface area (Å²) >= 11 is 0. The van der Waals surface area contributed by atoms with Crippen molar-refractivity contribution in [1.82, 2.24) is 24.1 Å². The second-order valence-electron chi connectivity index (χ2n) is 10.6. The molecule has 0 radical (unpaired) electrons. The quantitative estimate of drug-likeness (QED) is 0.355. The number of phenolic OH excluding ortho intramolecular Hbond substituents is 1. The summed E-state index contributed by atoms with van der Waals surface area (Å²) in [5, 5.41) is 11.0. The summed E-state index contributed by atoms with van der Waals surface area (Å²) in [5.41, 5.74) is 0.00138. The molecule has 2 saturated heterocycles. The zero-order chi connectivity index (χ0) is 28.3. The molecule has 5 rings (SSSR count). The summed E-state index contributed by atoms with van der Waals surface area (Å²) in [6.45, 7) is 3.86. The lowest BCUT2D eigenvalue weighted by Crippen LogP contribution is -2.56. The Labute approximate surface area is 235 Å². The normalized spacial score (nSPS) is 21.8. The van der Waals surface area contributed by atoms with E-state index in [4.69, 9.17) is 9.47 Å². The number of carbonyl (C=O) groups excluding carboxylic acids is 2. The Morgan fingerprint density at radius 1 is 1.27 bits per heavy atom. The number of aromatic hydroxyl groups is 1. The van der Waals surface area contributed by atoms with Crippen molar-refractivity contribution in [2.24, 2.45) is 0 Å². The molecule has 2 atom stereocenters. The first-order chi connectivity index (χ1) is 19.2. The number of ether oxygens (including phenoxy) is 2. The summed E-state index contributed by atoms with van der Waals surface area (Å²) < 4.78 is 28.4. The highest BCUT2D eigenvalue weighted by Crippen LogP contribution is 2.41. The van der Waals surface area contributed by atoms with Crippen molar-refractivity contribution in [3.8, 4) is 5.75 Å². The van der Waals surface area contributed by atoms with Gasteiger partial charge in [-0.3, -0.25) is 14.7 Å². The maximum absolute atomic E-state index is 13.8. The van der Waals surface area contributed by atoms with Gasteiger partial charge in [-0.25, -0.2) is 8.51 Å². The molecule has 2 N–H and O–H groups in total. The third-order valence-corrected chi connectivity index (χ3v) is 9.10. The molecule has 12 heteroatoms. The van der Waals surface area contributed by atoms with Crippen LogP contribution in [0, 0.1) is 0 Å². The number of fused-ring (bicyclic) bond motifs is 1. The van der Waals surface area contributed by atoms with Gasteiger partial charge in [0.15, 0.2) is 5.72 Å². The number of likely N-dealkylation sites (N-methyl/N-ethyl adjacent to an activating group) is 1. The van der Waals surface area contributed by atoms with Crippen LogP contribution in [0.3, 0.4) is 0 Å². The number of aromatic nitrogens is 2. The van der Waals surface area contributed by atoms with E-state index in [1.54, 1.807) is 41.7 Å². The van der Waals surface area contributed by atoms with Crippen LogP contribution in [0.5, 0.6) is 5.75 Å². The predicted octanol–water partition coefficient (Wildman–Crippen LogP) is 2.05. The van der Waals surface area contributed by atoms with Crippen LogP contribution in [0.4, 0.5) is 0 Å². The van der Waals surface area contributed by atoms with E-state index in [0.29, 0.717) is 42.9 Å². The van der Waals surface area contributed by atoms with E-state index in [1.165, 1.54) is 0 Å². The van der Waals surface area contributed by atoms with Crippen LogP contribution in [0.15, 0.2) is 53.7 Å². The number of amides is 1. The van der Waals surface area contributed by atoms with Gasteiger partial charge in [-0.2, -0.15) is 0 Å². The van der Waals surface area contributed by atoms with Gasteiger partial charge in [0.05, 0.1) is 37.6 Å². The van der Waals surface area contributed by atoms with Gasteiger partial charge in [0.2, 0.25) is 5.91 Å². The highest BCUT2D eigenvalue weighted by atomic mass is 32.2. The van der Waals surface area contributed by atoms with Crippen LogP contribution in [0.1, 0.15) is 25.5 Å². The summed E-state index contributed by atoms with van der Waals surface area (Å²) in [6.07, 6.45) is 3.77. The summed E-state index contributed by atoms with van der Waals surface area (Å²) in [4.78, 5) is 35.1. The van der Waals surface area contributed by atoms with Crippen molar-refractivity contribution < 1.29 is 28.4 Å². The highest BCUT2D eigenvalue weighted by molar-refractivity contribution is 7.82. The molecule has 4 heterocycles. The lowest BCUT2D eigenvalue weighted by atomic mass is 9.91. The number of likely N-dealkylation sites (tertiary alicyclic amines) is 1. The molecule has 40 heavy (non-hydrogen) atoms. The van der Waals surface area contributed by atoms with E-state index < -0.39 is 22.3 Å². The minimum absolute atomic E-state index is 0.0466. The second-order valence-corrected chi connectivity index (χ2v) is 12.0. The molecule has 0 saturated carbocycles. The summed E-state index contributed by atoms with van der Waals surface area (Å²) in [7, 11) is 0.219. The third kappa shape index (κ3) is 5.96. The van der Waals surface area contributed by atoms with Crippen LogP contribution in [0.2, 0.25) is 0 Å². The Morgan fingerprint density at radius 3 is 2.77 bits per heavy atom. The molecule has 1 amide bonds. The van der Waals surface area contributed by atoms with Crippen molar-refractivity contribution in [3.63, 3.8) is 0 Å². The molecule has 3 aromatic rings. The Morgan fingerprint density at radius 2 is 2.08 bits per heavy atom. The van der Waals surface area contributed by atoms with E-state index in [0.717, 1.165) is 17.5 Å². The molecule has 0 aliphatic carbocycles. The first-order valence-corrected chi connectivity index (χ1v) is 14.4. The van der Waals surface area contributed by atoms with Crippen LogP contribution in [-0.4, -0.2) is 103 Å². The molecule has 1 aromatic carbocycles. The van der Waals surface area contributed by atoms with Crippen LogP contribution in [0.25, 0.3) is 10.9 Å². The topological polar surface area (TPSA) is 128 Å². The van der Waals surface area contributed by atoms with Gasteiger partial charge in [0.1, 0.15) is 28.0 Å². The molecule has 1 spiro atoms. The van der Waals surface area contributed by atoms with E-state index >= 15 is 0 Å². The Bertz CT molecular complexity index is 1380. The lowest BCUT2D eigenvalue weighted by molar-refractivity contribution is -0.186. The average molecular weight is 570 g/mol. The number of H-pyrrole nitrogens is 1. The van der Waals surface area contributed by atoms with Gasteiger partial charge < -0.3 is 29.3 Å². The number of nitrogens with one attached hydrogen (secondary N) is 1. The first-order valence-electron chi connectivity index (χ1n) is 13.3. The minimum atomic E-state index is -1.73. The molecule has 2 unspecified atom stereocenters. The molecule has 2 aliphatic rings. The highest BCUT2D eigenvalue weighted by Gasteiger charge is 2.55.